The molecule has 0 spiro atoms. The molecule has 0 radical (unpaired) electrons. The number of hydrogen-bond donors (Lipinski definition) is 2. The van der Waals surface area contributed by atoms with Crippen molar-refractivity contribution in [1.29, 1.82) is 0 Å². The number of fused-ring (bicyclic) bond motifs is 1. The summed E-state index contributed by atoms with van der Waals surface area (Å²) in [5.74, 6) is 1.03. The Labute approximate surface area is 112 Å². The summed E-state index contributed by atoms with van der Waals surface area (Å²) in [5, 5.41) is 2.86. The number of nitrogens with zero attached hydrogens (tertiary/aromatic N) is 2. The topological polar surface area (TPSA) is 72.9 Å². The van der Waals surface area contributed by atoms with Crippen LogP contribution in [0.15, 0.2) is 24.3 Å². The summed E-state index contributed by atoms with van der Waals surface area (Å²) in [5.41, 5.74) is 7.49. The first-order chi connectivity index (χ1) is 9.22. The summed E-state index contributed by atoms with van der Waals surface area (Å²) in [4.78, 5) is 15.8. The smallest absolute Gasteiger partial charge is 0.221 e. The van der Waals surface area contributed by atoms with Crippen LogP contribution in [0, 0.1) is 6.92 Å². The third kappa shape index (κ3) is 3.32. The fourth-order valence-electron chi connectivity index (χ4n) is 2.16. The van der Waals surface area contributed by atoms with Crippen LogP contribution in [0.1, 0.15) is 18.7 Å². The van der Waals surface area contributed by atoms with Crippen molar-refractivity contribution in [3.8, 4) is 0 Å². The molecule has 0 bridgehead atoms. The molecule has 2 aromatic rings. The van der Waals surface area contributed by atoms with Gasteiger partial charge < -0.3 is 15.6 Å². The molecule has 0 aliphatic heterocycles. The van der Waals surface area contributed by atoms with Gasteiger partial charge in [0.25, 0.3) is 0 Å². The number of imidazole rings is 1. The highest BCUT2D eigenvalue weighted by molar-refractivity contribution is 5.76. The van der Waals surface area contributed by atoms with Crippen LogP contribution in [-0.2, 0) is 11.3 Å². The van der Waals surface area contributed by atoms with Gasteiger partial charge in [0.1, 0.15) is 5.82 Å². The predicted molar refractivity (Wildman–Crippen MR) is 75.8 cm³/mol. The van der Waals surface area contributed by atoms with Crippen molar-refractivity contribution in [2.75, 3.05) is 13.1 Å². The second-order valence-corrected chi connectivity index (χ2v) is 4.54. The Hall–Kier alpha value is -1.88. The van der Waals surface area contributed by atoms with E-state index >= 15 is 0 Å². The first-order valence-corrected chi connectivity index (χ1v) is 6.61. The van der Waals surface area contributed by atoms with Gasteiger partial charge in [-0.3, -0.25) is 4.79 Å². The van der Waals surface area contributed by atoms with E-state index in [1.54, 1.807) is 0 Å². The van der Waals surface area contributed by atoms with E-state index < -0.39 is 0 Å². The molecule has 5 nitrogen and oxygen atoms in total. The van der Waals surface area contributed by atoms with Gasteiger partial charge in [-0.25, -0.2) is 4.98 Å². The highest BCUT2D eigenvalue weighted by Gasteiger charge is 2.06. The van der Waals surface area contributed by atoms with Crippen molar-refractivity contribution >= 4 is 16.9 Å². The van der Waals surface area contributed by atoms with Crippen molar-refractivity contribution in [1.82, 2.24) is 14.9 Å². The molecule has 0 fully saturated rings. The Morgan fingerprint density at radius 1 is 1.42 bits per heavy atom. The summed E-state index contributed by atoms with van der Waals surface area (Å²) < 4.78 is 2.18. The van der Waals surface area contributed by atoms with E-state index in [1.807, 2.05) is 25.1 Å². The standard InChI is InChI=1S/C14H20N4O/c1-11-17-12-5-2-3-6-13(12)18(11)10-4-9-16-14(19)7-8-15/h2-3,5-6H,4,7-10,15H2,1H3,(H,16,19). The highest BCUT2D eigenvalue weighted by atomic mass is 16.1. The zero-order valence-corrected chi connectivity index (χ0v) is 11.2. The number of nitrogens with one attached hydrogen (secondary N) is 1. The van der Waals surface area contributed by atoms with Gasteiger partial charge in [-0.05, 0) is 25.5 Å². The Morgan fingerprint density at radius 3 is 3.00 bits per heavy atom. The number of nitrogens with two attached hydrogens (primary N) is 1. The van der Waals surface area contributed by atoms with Gasteiger partial charge >= 0.3 is 0 Å². The van der Waals surface area contributed by atoms with E-state index in [0.717, 1.165) is 29.8 Å². The van der Waals surface area contributed by atoms with Gasteiger partial charge in [-0.1, -0.05) is 12.1 Å². The zero-order chi connectivity index (χ0) is 13.7. The molecule has 102 valence electrons. The molecule has 1 aromatic carbocycles. The zero-order valence-electron chi connectivity index (χ0n) is 11.2. The maximum Gasteiger partial charge on any atom is 0.221 e. The van der Waals surface area contributed by atoms with Crippen LogP contribution in [0.3, 0.4) is 0 Å². The number of para-hydroxylation sites is 2. The molecule has 0 aliphatic rings. The quantitative estimate of drug-likeness (QED) is 0.766. The van der Waals surface area contributed by atoms with E-state index in [2.05, 4.69) is 20.9 Å². The minimum Gasteiger partial charge on any atom is -0.356 e. The average molecular weight is 260 g/mol. The van der Waals surface area contributed by atoms with Gasteiger partial charge in [0, 0.05) is 26.1 Å². The molecule has 0 unspecified atom stereocenters. The number of amides is 1. The van der Waals surface area contributed by atoms with Crippen LogP contribution < -0.4 is 11.1 Å². The average Bonchev–Trinajstić information content (AvgIpc) is 2.71. The molecule has 0 saturated carbocycles. The van der Waals surface area contributed by atoms with Crippen LogP contribution in [0.25, 0.3) is 11.0 Å². The Balaban J connectivity index is 1.91. The number of benzene rings is 1. The number of rotatable bonds is 6. The maximum absolute atomic E-state index is 11.3. The molecule has 3 N–H and O–H groups in total. The van der Waals surface area contributed by atoms with Crippen LogP contribution in [0.2, 0.25) is 0 Å². The van der Waals surface area contributed by atoms with E-state index in [9.17, 15) is 4.79 Å². The van der Waals surface area contributed by atoms with Crippen molar-refractivity contribution in [3.05, 3.63) is 30.1 Å². The number of aryl methyl sites for hydroxylation is 2. The summed E-state index contributed by atoms with van der Waals surface area (Å²) >= 11 is 0. The van der Waals surface area contributed by atoms with Crippen LogP contribution in [0.5, 0.6) is 0 Å². The second-order valence-electron chi connectivity index (χ2n) is 4.54. The Kier molecular flexibility index (Phi) is 4.52. The maximum atomic E-state index is 11.3. The highest BCUT2D eigenvalue weighted by Crippen LogP contribution is 2.15. The molecule has 0 atom stereocenters. The molecule has 0 aliphatic carbocycles. The number of aromatic nitrogens is 2. The van der Waals surface area contributed by atoms with Crippen molar-refractivity contribution in [2.24, 2.45) is 5.73 Å². The van der Waals surface area contributed by atoms with Crippen molar-refractivity contribution in [2.45, 2.75) is 26.3 Å². The summed E-state index contributed by atoms with van der Waals surface area (Å²) in [6, 6.07) is 8.10. The third-order valence-corrected chi connectivity index (χ3v) is 3.10. The lowest BCUT2D eigenvalue weighted by atomic mass is 10.3. The summed E-state index contributed by atoms with van der Waals surface area (Å²) in [6.07, 6.45) is 1.28. The normalized spacial score (nSPS) is 10.8. The van der Waals surface area contributed by atoms with Gasteiger partial charge in [-0.2, -0.15) is 0 Å². The van der Waals surface area contributed by atoms with Crippen LogP contribution in [0.4, 0.5) is 0 Å². The third-order valence-electron chi connectivity index (χ3n) is 3.10. The monoisotopic (exact) mass is 260 g/mol. The van der Waals surface area contributed by atoms with E-state index in [-0.39, 0.29) is 5.91 Å². The molecule has 0 saturated heterocycles. The summed E-state index contributed by atoms with van der Waals surface area (Å²) in [6.45, 7) is 3.93. The van der Waals surface area contributed by atoms with Gasteiger partial charge in [0.2, 0.25) is 5.91 Å². The SMILES string of the molecule is Cc1nc2ccccc2n1CCCNC(=O)CCN. The second kappa shape index (κ2) is 6.33. The molecule has 1 amide bonds. The minimum atomic E-state index is 0.0229. The van der Waals surface area contributed by atoms with E-state index in [1.165, 1.54) is 0 Å². The van der Waals surface area contributed by atoms with Crippen molar-refractivity contribution in [3.63, 3.8) is 0 Å². The van der Waals surface area contributed by atoms with Crippen molar-refractivity contribution < 1.29 is 4.79 Å². The summed E-state index contributed by atoms with van der Waals surface area (Å²) in [7, 11) is 0. The predicted octanol–water partition coefficient (Wildman–Crippen LogP) is 1.20. The Morgan fingerprint density at radius 2 is 2.21 bits per heavy atom. The van der Waals surface area contributed by atoms with E-state index in [4.69, 9.17) is 5.73 Å². The molecular weight excluding hydrogens is 240 g/mol. The molecular formula is C14H20N4O. The van der Waals surface area contributed by atoms with E-state index in [0.29, 0.717) is 19.5 Å². The lowest BCUT2D eigenvalue weighted by molar-refractivity contribution is -0.120. The fraction of sp³-hybridized carbons (Fsp3) is 0.429. The minimum absolute atomic E-state index is 0.0229. The lowest BCUT2D eigenvalue weighted by Gasteiger charge is -2.08. The number of hydrogen-bond acceptors (Lipinski definition) is 3. The number of carbonyl (C=O) groups excluding carboxylic acids is 1. The fourth-order valence-corrected chi connectivity index (χ4v) is 2.16. The lowest BCUT2D eigenvalue weighted by Crippen LogP contribution is -2.27. The molecule has 1 heterocycles. The van der Waals surface area contributed by atoms with Gasteiger partial charge in [0.15, 0.2) is 0 Å². The van der Waals surface area contributed by atoms with Gasteiger partial charge in [0.05, 0.1) is 11.0 Å². The van der Waals surface area contributed by atoms with Crippen LogP contribution in [-0.4, -0.2) is 28.5 Å². The number of carbonyl (C=O) groups is 1. The molecule has 5 heteroatoms. The molecule has 1 aromatic heterocycles. The van der Waals surface area contributed by atoms with Crippen LogP contribution >= 0.6 is 0 Å². The Bertz CT molecular complexity index is 562. The largest absolute Gasteiger partial charge is 0.356 e. The molecule has 2 rings (SSSR count). The molecule has 19 heavy (non-hydrogen) atoms. The van der Waals surface area contributed by atoms with Gasteiger partial charge in [-0.15, -0.1) is 0 Å². The first-order valence-electron chi connectivity index (χ1n) is 6.61. The first kappa shape index (κ1) is 13.5.